The molecule has 1 aromatic rings. The summed E-state index contributed by atoms with van der Waals surface area (Å²) in [5, 5.41) is 3.08. The van der Waals surface area contributed by atoms with Crippen molar-refractivity contribution in [2.45, 2.75) is 13.5 Å². The van der Waals surface area contributed by atoms with Crippen molar-refractivity contribution in [3.8, 4) is 0 Å². The first-order chi connectivity index (χ1) is 7.65. The van der Waals surface area contributed by atoms with Crippen molar-refractivity contribution in [1.82, 2.24) is 15.2 Å². The van der Waals surface area contributed by atoms with E-state index in [2.05, 4.69) is 10.3 Å². The summed E-state index contributed by atoms with van der Waals surface area (Å²) in [5.74, 6) is 0.00359. The molecule has 1 N–H and O–H groups in total. The smallest absolute Gasteiger partial charge is 0.233 e. The van der Waals surface area contributed by atoms with Crippen LogP contribution in [0.1, 0.15) is 12.6 Å². The number of hydrogen-bond acceptors (Lipinski definition) is 3. The SMILES string of the molecule is CCN(CC(=O)NC)Cc1cccc(Cl)n1. The number of nitrogens with one attached hydrogen (secondary N) is 1. The summed E-state index contributed by atoms with van der Waals surface area (Å²) in [4.78, 5) is 17.4. The Kier molecular flexibility index (Phi) is 5.22. The molecule has 0 saturated heterocycles. The van der Waals surface area contributed by atoms with Crippen LogP contribution in [0.15, 0.2) is 18.2 Å². The number of halogens is 1. The third-order valence-corrected chi connectivity index (χ3v) is 2.46. The summed E-state index contributed by atoms with van der Waals surface area (Å²) in [6.07, 6.45) is 0. The minimum Gasteiger partial charge on any atom is -0.358 e. The van der Waals surface area contributed by atoms with Crippen LogP contribution in [-0.2, 0) is 11.3 Å². The van der Waals surface area contributed by atoms with Gasteiger partial charge in [-0.05, 0) is 18.7 Å². The van der Waals surface area contributed by atoms with Gasteiger partial charge in [0.2, 0.25) is 5.91 Å². The van der Waals surface area contributed by atoms with Crippen LogP contribution in [0.5, 0.6) is 0 Å². The van der Waals surface area contributed by atoms with E-state index in [1.807, 2.05) is 24.0 Å². The van der Waals surface area contributed by atoms with Crippen LogP contribution < -0.4 is 5.32 Å². The van der Waals surface area contributed by atoms with Crippen molar-refractivity contribution in [2.75, 3.05) is 20.1 Å². The first-order valence-corrected chi connectivity index (χ1v) is 5.58. The van der Waals surface area contributed by atoms with E-state index in [1.165, 1.54) is 0 Å². The molecule has 0 aromatic carbocycles. The molecule has 0 bridgehead atoms. The van der Waals surface area contributed by atoms with Gasteiger partial charge in [0.1, 0.15) is 5.15 Å². The van der Waals surface area contributed by atoms with Crippen LogP contribution in [0.2, 0.25) is 5.15 Å². The van der Waals surface area contributed by atoms with Gasteiger partial charge in [0.15, 0.2) is 0 Å². The lowest BCUT2D eigenvalue weighted by atomic mass is 10.3. The molecule has 4 nitrogen and oxygen atoms in total. The van der Waals surface area contributed by atoms with Gasteiger partial charge in [-0.25, -0.2) is 4.98 Å². The molecular formula is C11H16ClN3O. The van der Waals surface area contributed by atoms with Crippen molar-refractivity contribution in [3.05, 3.63) is 29.0 Å². The molecule has 1 heterocycles. The standard InChI is InChI=1S/C11H16ClN3O/c1-3-15(8-11(16)13-2)7-9-5-4-6-10(12)14-9/h4-6H,3,7-8H2,1-2H3,(H,13,16). The highest BCUT2D eigenvalue weighted by atomic mass is 35.5. The predicted molar refractivity (Wildman–Crippen MR) is 64.3 cm³/mol. The van der Waals surface area contributed by atoms with Crippen molar-refractivity contribution >= 4 is 17.5 Å². The summed E-state index contributed by atoms with van der Waals surface area (Å²) in [7, 11) is 1.63. The minimum atomic E-state index is 0.00359. The number of aromatic nitrogens is 1. The number of rotatable bonds is 5. The molecule has 1 rings (SSSR count). The Morgan fingerprint density at radius 2 is 2.31 bits per heavy atom. The summed E-state index contributed by atoms with van der Waals surface area (Å²) in [5.41, 5.74) is 0.873. The second-order valence-electron chi connectivity index (χ2n) is 3.43. The van der Waals surface area contributed by atoms with Crippen molar-refractivity contribution in [2.24, 2.45) is 0 Å². The number of carbonyl (C=O) groups excluding carboxylic acids is 1. The van der Waals surface area contributed by atoms with Gasteiger partial charge < -0.3 is 5.32 Å². The quantitative estimate of drug-likeness (QED) is 0.791. The van der Waals surface area contributed by atoms with Crippen molar-refractivity contribution < 1.29 is 4.79 Å². The first-order valence-electron chi connectivity index (χ1n) is 5.20. The fourth-order valence-corrected chi connectivity index (χ4v) is 1.51. The lowest BCUT2D eigenvalue weighted by Crippen LogP contribution is -2.35. The fraction of sp³-hybridized carbons (Fsp3) is 0.455. The highest BCUT2D eigenvalue weighted by Crippen LogP contribution is 2.07. The Morgan fingerprint density at radius 3 is 2.88 bits per heavy atom. The average molecular weight is 242 g/mol. The molecule has 0 radical (unpaired) electrons. The Labute approximate surface area is 101 Å². The maximum absolute atomic E-state index is 11.2. The van der Waals surface area contributed by atoms with E-state index in [-0.39, 0.29) is 5.91 Å². The van der Waals surface area contributed by atoms with E-state index in [4.69, 9.17) is 11.6 Å². The van der Waals surface area contributed by atoms with Gasteiger partial charge in [-0.15, -0.1) is 0 Å². The van der Waals surface area contributed by atoms with E-state index >= 15 is 0 Å². The second-order valence-corrected chi connectivity index (χ2v) is 3.82. The molecule has 0 aliphatic carbocycles. The monoisotopic (exact) mass is 241 g/mol. The van der Waals surface area contributed by atoms with Crippen molar-refractivity contribution in [1.29, 1.82) is 0 Å². The Hall–Kier alpha value is -1.13. The topological polar surface area (TPSA) is 45.2 Å². The van der Waals surface area contributed by atoms with Gasteiger partial charge in [0.25, 0.3) is 0 Å². The highest BCUT2D eigenvalue weighted by Gasteiger charge is 2.08. The van der Waals surface area contributed by atoms with Gasteiger partial charge in [-0.1, -0.05) is 24.6 Å². The first kappa shape index (κ1) is 12.9. The zero-order chi connectivity index (χ0) is 12.0. The maximum Gasteiger partial charge on any atom is 0.233 e. The van der Waals surface area contributed by atoms with Gasteiger partial charge in [0, 0.05) is 13.6 Å². The number of hydrogen-bond donors (Lipinski definition) is 1. The van der Waals surface area contributed by atoms with Gasteiger partial charge >= 0.3 is 0 Å². The lowest BCUT2D eigenvalue weighted by molar-refractivity contribution is -0.121. The van der Waals surface area contributed by atoms with Crippen LogP contribution in [-0.4, -0.2) is 35.9 Å². The molecule has 1 aromatic heterocycles. The second kappa shape index (κ2) is 6.45. The van der Waals surface area contributed by atoms with Crippen LogP contribution >= 0.6 is 11.6 Å². The van der Waals surface area contributed by atoms with E-state index in [9.17, 15) is 4.79 Å². The summed E-state index contributed by atoms with van der Waals surface area (Å²) >= 11 is 5.80. The number of amides is 1. The van der Waals surface area contributed by atoms with Crippen molar-refractivity contribution in [3.63, 3.8) is 0 Å². The number of pyridine rings is 1. The molecule has 0 spiro atoms. The highest BCUT2D eigenvalue weighted by molar-refractivity contribution is 6.29. The Balaban J connectivity index is 2.59. The zero-order valence-corrected chi connectivity index (χ0v) is 10.3. The third kappa shape index (κ3) is 4.16. The van der Waals surface area contributed by atoms with Crippen LogP contribution in [0.4, 0.5) is 0 Å². The van der Waals surface area contributed by atoms with E-state index in [0.29, 0.717) is 18.2 Å². The van der Waals surface area contributed by atoms with Gasteiger partial charge in [-0.2, -0.15) is 0 Å². The van der Waals surface area contributed by atoms with Crippen LogP contribution in [0.25, 0.3) is 0 Å². The van der Waals surface area contributed by atoms with E-state index < -0.39 is 0 Å². The molecule has 88 valence electrons. The predicted octanol–water partition coefficient (Wildman–Crippen LogP) is 1.30. The third-order valence-electron chi connectivity index (χ3n) is 2.25. The Morgan fingerprint density at radius 1 is 1.56 bits per heavy atom. The molecule has 5 heteroatoms. The molecule has 0 aliphatic heterocycles. The minimum absolute atomic E-state index is 0.00359. The number of likely N-dealkylation sites (N-methyl/N-ethyl adjacent to an activating group) is 2. The Bertz CT molecular complexity index is 357. The lowest BCUT2D eigenvalue weighted by Gasteiger charge is -2.18. The maximum atomic E-state index is 11.2. The van der Waals surface area contributed by atoms with E-state index in [0.717, 1.165) is 12.2 Å². The van der Waals surface area contributed by atoms with Gasteiger partial charge in [-0.3, -0.25) is 9.69 Å². The van der Waals surface area contributed by atoms with E-state index in [1.54, 1.807) is 13.1 Å². The van der Waals surface area contributed by atoms with Crippen LogP contribution in [0.3, 0.4) is 0 Å². The molecule has 16 heavy (non-hydrogen) atoms. The molecule has 0 aliphatic rings. The largest absolute Gasteiger partial charge is 0.358 e. The average Bonchev–Trinajstić information content (AvgIpc) is 2.28. The van der Waals surface area contributed by atoms with Crippen LogP contribution in [0, 0.1) is 0 Å². The molecular weight excluding hydrogens is 226 g/mol. The zero-order valence-electron chi connectivity index (χ0n) is 9.53. The summed E-state index contributed by atoms with van der Waals surface area (Å²) in [6, 6.07) is 5.50. The molecule has 0 saturated carbocycles. The molecule has 0 fully saturated rings. The number of carbonyl (C=O) groups is 1. The molecule has 0 unspecified atom stereocenters. The fourth-order valence-electron chi connectivity index (χ4n) is 1.33. The van der Waals surface area contributed by atoms with Gasteiger partial charge in [0.05, 0.1) is 12.2 Å². The molecule has 1 amide bonds. The summed E-state index contributed by atoms with van der Waals surface area (Å²) < 4.78 is 0. The summed E-state index contributed by atoms with van der Waals surface area (Å²) in [6.45, 7) is 3.81. The number of nitrogens with zero attached hydrogens (tertiary/aromatic N) is 2. The molecule has 0 atom stereocenters. The normalized spacial score (nSPS) is 10.5.